The molecule has 0 saturated carbocycles. The van der Waals surface area contributed by atoms with E-state index >= 15 is 0 Å². The van der Waals surface area contributed by atoms with E-state index in [2.05, 4.69) is 16.0 Å². The van der Waals surface area contributed by atoms with Gasteiger partial charge in [-0.25, -0.2) is 9.59 Å². The summed E-state index contributed by atoms with van der Waals surface area (Å²) in [5.74, 6) is -0.117. The summed E-state index contributed by atoms with van der Waals surface area (Å²) in [7, 11) is 1.44. The molecule has 32 heavy (non-hydrogen) atoms. The molecule has 0 aliphatic rings. The monoisotopic (exact) mass is 443 g/mol. The fraction of sp³-hybridized carbons (Fsp3) is 0.348. The van der Waals surface area contributed by atoms with E-state index in [-0.39, 0.29) is 6.61 Å². The second-order valence-corrected chi connectivity index (χ2v) is 7.96. The largest absolute Gasteiger partial charge is 0.494 e. The Morgan fingerprint density at radius 1 is 0.969 bits per heavy atom. The third kappa shape index (κ3) is 8.17. The van der Waals surface area contributed by atoms with Crippen molar-refractivity contribution in [2.24, 2.45) is 0 Å². The first-order valence-electron chi connectivity index (χ1n) is 10.0. The number of hydrogen-bond donors (Lipinski definition) is 3. The first-order valence-corrected chi connectivity index (χ1v) is 10.0. The summed E-state index contributed by atoms with van der Waals surface area (Å²) in [4.78, 5) is 36.3. The topological polar surface area (TPSA) is 115 Å². The number of rotatable bonds is 7. The number of carbonyl (C=O) groups is 3. The van der Waals surface area contributed by atoms with E-state index in [1.165, 1.54) is 14.0 Å². The molecule has 172 valence electrons. The summed E-state index contributed by atoms with van der Waals surface area (Å²) < 4.78 is 15.6. The Hall–Kier alpha value is -3.75. The Balaban J connectivity index is 1.93. The number of carbonyl (C=O) groups excluding carboxylic acids is 3. The molecule has 0 bridgehead atoms. The van der Waals surface area contributed by atoms with Gasteiger partial charge in [0.1, 0.15) is 24.0 Å². The highest BCUT2D eigenvalue weighted by Crippen LogP contribution is 2.28. The maximum atomic E-state index is 12.4. The van der Waals surface area contributed by atoms with Crippen LogP contribution in [0.15, 0.2) is 48.5 Å². The number of anilines is 2. The summed E-state index contributed by atoms with van der Waals surface area (Å²) in [6.45, 7) is 6.87. The highest BCUT2D eigenvalue weighted by atomic mass is 16.6. The molecule has 3 amide bonds. The van der Waals surface area contributed by atoms with Crippen molar-refractivity contribution in [2.45, 2.75) is 45.9 Å². The Kier molecular flexibility index (Phi) is 8.46. The van der Waals surface area contributed by atoms with Crippen molar-refractivity contribution in [1.29, 1.82) is 0 Å². The molecule has 2 aromatic rings. The maximum Gasteiger partial charge on any atom is 0.412 e. The fourth-order valence-corrected chi connectivity index (χ4v) is 2.54. The second kappa shape index (κ2) is 11.0. The molecule has 0 aliphatic carbocycles. The number of alkyl carbamates (subject to hydrolysis) is 1. The molecule has 0 radical (unpaired) electrons. The van der Waals surface area contributed by atoms with Crippen LogP contribution in [-0.2, 0) is 20.9 Å². The summed E-state index contributed by atoms with van der Waals surface area (Å²) in [6, 6.07) is 13.2. The molecule has 0 aromatic heterocycles. The van der Waals surface area contributed by atoms with E-state index in [0.717, 1.165) is 5.56 Å². The number of methoxy groups -OCH3 is 1. The molecule has 9 heteroatoms. The van der Waals surface area contributed by atoms with Crippen LogP contribution in [-0.4, -0.2) is 36.8 Å². The molecule has 0 heterocycles. The average Bonchev–Trinajstić information content (AvgIpc) is 2.72. The van der Waals surface area contributed by atoms with Gasteiger partial charge in [-0.05, 0) is 45.4 Å². The molecule has 0 saturated heterocycles. The SMILES string of the molecule is COc1cc(NC(=O)[C@H](C)NC(=O)OC(C)(C)C)ccc1NC(=O)OCc1ccccc1. The van der Waals surface area contributed by atoms with E-state index < -0.39 is 29.7 Å². The van der Waals surface area contributed by atoms with Crippen LogP contribution in [0.4, 0.5) is 21.0 Å². The van der Waals surface area contributed by atoms with Crippen LogP contribution in [0.25, 0.3) is 0 Å². The van der Waals surface area contributed by atoms with Gasteiger partial charge in [-0.3, -0.25) is 10.1 Å². The first kappa shape index (κ1) is 24.5. The van der Waals surface area contributed by atoms with Crippen LogP contribution in [0.1, 0.15) is 33.3 Å². The van der Waals surface area contributed by atoms with E-state index in [0.29, 0.717) is 17.1 Å². The standard InChI is InChI=1S/C23H29N3O6/c1-15(24-22(29)32-23(2,3)4)20(27)25-17-11-12-18(19(13-17)30-5)26-21(28)31-14-16-9-7-6-8-10-16/h6-13,15H,14H2,1-5H3,(H,24,29)(H,25,27)(H,26,28)/t15-/m0/s1. The van der Waals surface area contributed by atoms with E-state index in [9.17, 15) is 14.4 Å². The van der Waals surface area contributed by atoms with Crippen LogP contribution in [0.5, 0.6) is 5.75 Å². The smallest absolute Gasteiger partial charge is 0.412 e. The van der Waals surface area contributed by atoms with Gasteiger partial charge in [0.15, 0.2) is 0 Å². The van der Waals surface area contributed by atoms with E-state index in [4.69, 9.17) is 14.2 Å². The predicted molar refractivity (Wildman–Crippen MR) is 121 cm³/mol. The van der Waals surface area contributed by atoms with Gasteiger partial charge in [-0.15, -0.1) is 0 Å². The molecule has 9 nitrogen and oxygen atoms in total. The van der Waals surface area contributed by atoms with Gasteiger partial charge in [-0.1, -0.05) is 30.3 Å². The van der Waals surface area contributed by atoms with Gasteiger partial charge < -0.3 is 24.8 Å². The number of amides is 3. The molecule has 0 spiro atoms. The minimum Gasteiger partial charge on any atom is -0.494 e. The lowest BCUT2D eigenvalue weighted by molar-refractivity contribution is -0.117. The van der Waals surface area contributed by atoms with Gasteiger partial charge in [0.25, 0.3) is 0 Å². The Bertz CT molecular complexity index is 940. The summed E-state index contributed by atoms with van der Waals surface area (Å²) >= 11 is 0. The highest BCUT2D eigenvalue weighted by molar-refractivity contribution is 5.97. The van der Waals surface area contributed by atoms with Crippen LogP contribution in [0.3, 0.4) is 0 Å². The summed E-state index contributed by atoms with van der Waals surface area (Å²) in [6.07, 6.45) is -1.33. The summed E-state index contributed by atoms with van der Waals surface area (Å²) in [5.41, 5.74) is 0.997. The lowest BCUT2D eigenvalue weighted by atomic mass is 10.2. The maximum absolute atomic E-state index is 12.4. The number of hydrogen-bond acceptors (Lipinski definition) is 6. The summed E-state index contributed by atoms with van der Waals surface area (Å²) in [5, 5.41) is 7.76. The van der Waals surface area contributed by atoms with Gasteiger partial charge in [-0.2, -0.15) is 0 Å². The first-order chi connectivity index (χ1) is 15.1. The minimum absolute atomic E-state index is 0.131. The van der Waals surface area contributed by atoms with Crippen molar-refractivity contribution in [3.05, 3.63) is 54.1 Å². The van der Waals surface area contributed by atoms with Gasteiger partial charge in [0.2, 0.25) is 5.91 Å². The predicted octanol–water partition coefficient (Wildman–Crippen LogP) is 4.30. The number of nitrogens with one attached hydrogen (secondary N) is 3. The highest BCUT2D eigenvalue weighted by Gasteiger charge is 2.21. The van der Waals surface area contributed by atoms with Crippen molar-refractivity contribution >= 4 is 29.5 Å². The molecule has 1 atom stereocenters. The molecule has 3 N–H and O–H groups in total. The number of ether oxygens (including phenoxy) is 3. The third-order valence-electron chi connectivity index (χ3n) is 4.05. The Morgan fingerprint density at radius 2 is 1.66 bits per heavy atom. The Morgan fingerprint density at radius 3 is 2.28 bits per heavy atom. The van der Waals surface area contributed by atoms with Crippen LogP contribution < -0.4 is 20.7 Å². The molecule has 2 aromatic carbocycles. The Labute approximate surface area is 187 Å². The van der Waals surface area contributed by atoms with Crippen LogP contribution >= 0.6 is 0 Å². The number of benzene rings is 2. The van der Waals surface area contributed by atoms with Crippen LogP contribution in [0, 0.1) is 0 Å². The lowest BCUT2D eigenvalue weighted by Gasteiger charge is -2.21. The molecule has 0 unspecified atom stereocenters. The molecular weight excluding hydrogens is 414 g/mol. The van der Waals surface area contributed by atoms with Crippen molar-refractivity contribution < 1.29 is 28.6 Å². The molecule has 2 rings (SSSR count). The van der Waals surface area contributed by atoms with Gasteiger partial charge in [0, 0.05) is 11.8 Å². The third-order valence-corrected chi connectivity index (χ3v) is 4.05. The van der Waals surface area contributed by atoms with E-state index in [1.54, 1.807) is 39.0 Å². The normalized spacial score (nSPS) is 11.7. The minimum atomic E-state index is -0.832. The van der Waals surface area contributed by atoms with E-state index in [1.807, 2.05) is 30.3 Å². The van der Waals surface area contributed by atoms with Crippen LogP contribution in [0.2, 0.25) is 0 Å². The average molecular weight is 444 g/mol. The fourth-order valence-electron chi connectivity index (χ4n) is 2.54. The van der Waals surface area contributed by atoms with Crippen molar-refractivity contribution in [3.63, 3.8) is 0 Å². The quantitative estimate of drug-likeness (QED) is 0.588. The van der Waals surface area contributed by atoms with Gasteiger partial charge in [0.05, 0.1) is 12.8 Å². The zero-order valence-electron chi connectivity index (χ0n) is 18.9. The lowest BCUT2D eigenvalue weighted by Crippen LogP contribution is -2.43. The van der Waals surface area contributed by atoms with Crippen molar-refractivity contribution in [3.8, 4) is 5.75 Å². The molecule has 0 fully saturated rings. The van der Waals surface area contributed by atoms with Crippen molar-refractivity contribution in [2.75, 3.05) is 17.7 Å². The van der Waals surface area contributed by atoms with Crippen molar-refractivity contribution in [1.82, 2.24) is 5.32 Å². The molecular formula is C23H29N3O6. The molecule has 0 aliphatic heterocycles. The zero-order valence-corrected chi connectivity index (χ0v) is 18.9. The zero-order chi connectivity index (χ0) is 23.7. The second-order valence-electron chi connectivity index (χ2n) is 7.96. The van der Waals surface area contributed by atoms with Gasteiger partial charge >= 0.3 is 12.2 Å².